The Kier molecular flexibility index (Phi) is 3.01. The number of oxazole rings is 1. The van der Waals surface area contributed by atoms with Gasteiger partial charge in [0.25, 0.3) is 5.91 Å². The van der Waals surface area contributed by atoms with Crippen LogP contribution in [0, 0.1) is 0 Å². The average molecular weight is 294 g/mol. The van der Waals surface area contributed by atoms with Gasteiger partial charge in [-0.3, -0.25) is 4.79 Å². The van der Waals surface area contributed by atoms with E-state index in [2.05, 4.69) is 4.98 Å². The minimum atomic E-state index is -3.00. The van der Waals surface area contributed by atoms with Crippen molar-refractivity contribution < 1.29 is 17.6 Å². The van der Waals surface area contributed by atoms with Crippen molar-refractivity contribution in [1.29, 1.82) is 0 Å². The zero-order chi connectivity index (χ0) is 14.3. The largest absolute Gasteiger partial charge is 0.443 e. The molecule has 1 aromatic carbocycles. The summed E-state index contributed by atoms with van der Waals surface area (Å²) in [5, 5.41) is 0. The van der Waals surface area contributed by atoms with Crippen molar-refractivity contribution in [3.8, 4) is 0 Å². The van der Waals surface area contributed by atoms with Gasteiger partial charge in [-0.05, 0) is 24.6 Å². The molecule has 0 spiro atoms. The number of amides is 1. The number of nitrogens with zero attached hydrogens (tertiary/aromatic N) is 2. The minimum Gasteiger partial charge on any atom is -0.443 e. The average Bonchev–Trinajstić information content (AvgIpc) is 3.02. The molecular weight excluding hydrogens is 280 g/mol. The van der Waals surface area contributed by atoms with E-state index in [1.54, 1.807) is 25.2 Å². The lowest BCUT2D eigenvalue weighted by atomic mass is 10.1. The first-order valence-electron chi connectivity index (χ1n) is 6.27. The molecule has 6 nitrogen and oxygen atoms in total. The van der Waals surface area contributed by atoms with Crippen molar-refractivity contribution in [3.63, 3.8) is 0 Å². The molecule has 1 fully saturated rings. The van der Waals surface area contributed by atoms with E-state index in [-0.39, 0.29) is 23.5 Å². The second kappa shape index (κ2) is 4.59. The summed E-state index contributed by atoms with van der Waals surface area (Å²) in [5.41, 5.74) is 1.72. The Labute approximate surface area is 116 Å². The molecule has 0 saturated carbocycles. The molecule has 0 N–H and O–H groups in total. The molecule has 1 aliphatic rings. The summed E-state index contributed by atoms with van der Waals surface area (Å²) in [4.78, 5) is 17.9. The van der Waals surface area contributed by atoms with Crippen LogP contribution in [-0.4, -0.2) is 48.8 Å². The highest BCUT2D eigenvalue weighted by atomic mass is 32.2. The first-order chi connectivity index (χ1) is 9.46. The molecule has 2 aromatic rings. The van der Waals surface area contributed by atoms with Crippen LogP contribution in [-0.2, 0) is 9.84 Å². The van der Waals surface area contributed by atoms with Crippen LogP contribution in [0.4, 0.5) is 0 Å². The molecule has 7 heteroatoms. The lowest BCUT2D eigenvalue weighted by Gasteiger charge is -2.23. The van der Waals surface area contributed by atoms with Crippen LogP contribution in [0.15, 0.2) is 29.0 Å². The van der Waals surface area contributed by atoms with Crippen LogP contribution in [0.1, 0.15) is 16.8 Å². The summed E-state index contributed by atoms with van der Waals surface area (Å²) in [5.74, 6) is -0.00372. The fourth-order valence-corrected chi connectivity index (χ4v) is 4.22. The van der Waals surface area contributed by atoms with Gasteiger partial charge < -0.3 is 9.32 Å². The van der Waals surface area contributed by atoms with Crippen LogP contribution in [0.3, 0.4) is 0 Å². The Hall–Kier alpha value is -1.89. The highest BCUT2D eigenvalue weighted by Gasteiger charge is 2.33. The number of sulfone groups is 1. The standard InChI is InChI=1S/C13H14N2O4S/c1-15(10-4-5-20(17,18)7-10)13(16)9-2-3-12-11(6-9)14-8-19-12/h2-3,6,8,10H,4-5,7H2,1H3. The van der Waals surface area contributed by atoms with Gasteiger partial charge in [0.2, 0.25) is 0 Å². The van der Waals surface area contributed by atoms with E-state index in [1.807, 2.05) is 0 Å². The van der Waals surface area contributed by atoms with E-state index in [4.69, 9.17) is 4.42 Å². The van der Waals surface area contributed by atoms with E-state index < -0.39 is 9.84 Å². The van der Waals surface area contributed by atoms with Crippen LogP contribution < -0.4 is 0 Å². The third kappa shape index (κ3) is 2.29. The topological polar surface area (TPSA) is 80.5 Å². The normalized spacial score (nSPS) is 21.1. The second-order valence-electron chi connectivity index (χ2n) is 5.01. The summed E-state index contributed by atoms with van der Waals surface area (Å²) < 4.78 is 28.1. The monoisotopic (exact) mass is 294 g/mol. The van der Waals surface area contributed by atoms with Crippen molar-refractivity contribution in [2.75, 3.05) is 18.6 Å². The van der Waals surface area contributed by atoms with E-state index in [1.165, 1.54) is 11.3 Å². The van der Waals surface area contributed by atoms with Crippen molar-refractivity contribution in [2.45, 2.75) is 12.5 Å². The first kappa shape index (κ1) is 13.1. The molecule has 0 radical (unpaired) electrons. The zero-order valence-electron chi connectivity index (χ0n) is 10.9. The predicted octanol–water partition coefficient (Wildman–Crippen LogP) is 1.09. The number of fused-ring (bicyclic) bond motifs is 1. The van der Waals surface area contributed by atoms with Crippen LogP contribution in [0.5, 0.6) is 0 Å². The molecule has 1 aromatic heterocycles. The molecule has 1 aliphatic heterocycles. The van der Waals surface area contributed by atoms with Crippen molar-refractivity contribution in [3.05, 3.63) is 30.2 Å². The summed E-state index contributed by atoms with van der Waals surface area (Å²) in [6.07, 6.45) is 1.82. The van der Waals surface area contributed by atoms with Crippen molar-refractivity contribution in [1.82, 2.24) is 9.88 Å². The third-order valence-corrected chi connectivity index (χ3v) is 5.40. The maximum atomic E-state index is 12.4. The first-order valence-corrected chi connectivity index (χ1v) is 8.09. The number of benzene rings is 1. The number of aromatic nitrogens is 1. The third-order valence-electron chi connectivity index (χ3n) is 3.65. The smallest absolute Gasteiger partial charge is 0.253 e. The van der Waals surface area contributed by atoms with E-state index in [0.29, 0.717) is 23.1 Å². The highest BCUT2D eigenvalue weighted by molar-refractivity contribution is 7.91. The summed E-state index contributed by atoms with van der Waals surface area (Å²) in [6, 6.07) is 4.76. The van der Waals surface area contributed by atoms with E-state index in [0.717, 1.165) is 0 Å². The van der Waals surface area contributed by atoms with Crippen molar-refractivity contribution in [2.24, 2.45) is 0 Å². The van der Waals surface area contributed by atoms with Gasteiger partial charge in [0.15, 0.2) is 21.8 Å². The molecule has 0 aliphatic carbocycles. The van der Waals surface area contributed by atoms with Gasteiger partial charge >= 0.3 is 0 Å². The molecule has 2 heterocycles. The SMILES string of the molecule is CN(C(=O)c1ccc2ocnc2c1)C1CCS(=O)(=O)C1. The maximum absolute atomic E-state index is 12.4. The molecule has 1 saturated heterocycles. The van der Waals surface area contributed by atoms with Gasteiger partial charge in [0, 0.05) is 18.7 Å². The molecule has 1 atom stereocenters. The molecule has 0 bridgehead atoms. The minimum absolute atomic E-state index is 0.0431. The van der Waals surface area contributed by atoms with Gasteiger partial charge in [-0.25, -0.2) is 13.4 Å². The van der Waals surface area contributed by atoms with Crippen LogP contribution in [0.25, 0.3) is 11.1 Å². The van der Waals surface area contributed by atoms with Gasteiger partial charge in [0.1, 0.15) is 5.52 Å². The van der Waals surface area contributed by atoms with E-state index in [9.17, 15) is 13.2 Å². The van der Waals surface area contributed by atoms with Crippen molar-refractivity contribution >= 4 is 26.8 Å². The van der Waals surface area contributed by atoms with Gasteiger partial charge in [-0.15, -0.1) is 0 Å². The summed E-state index contributed by atoms with van der Waals surface area (Å²) >= 11 is 0. The number of carbonyl (C=O) groups is 1. The second-order valence-corrected chi connectivity index (χ2v) is 7.24. The quantitative estimate of drug-likeness (QED) is 0.828. The Bertz CT molecular complexity index is 766. The predicted molar refractivity (Wildman–Crippen MR) is 73.2 cm³/mol. The molecule has 20 heavy (non-hydrogen) atoms. The fourth-order valence-electron chi connectivity index (χ4n) is 2.44. The molecular formula is C13H14N2O4S. The zero-order valence-corrected chi connectivity index (χ0v) is 11.8. The van der Waals surface area contributed by atoms with Gasteiger partial charge in [0.05, 0.1) is 11.5 Å². The number of rotatable bonds is 2. The molecule has 106 valence electrons. The van der Waals surface area contributed by atoms with Crippen LogP contribution in [0.2, 0.25) is 0 Å². The highest BCUT2D eigenvalue weighted by Crippen LogP contribution is 2.20. The number of hydrogen-bond acceptors (Lipinski definition) is 5. The summed E-state index contributed by atoms with van der Waals surface area (Å²) in [7, 11) is -1.36. The van der Waals surface area contributed by atoms with E-state index >= 15 is 0 Å². The Morgan fingerprint density at radius 1 is 1.45 bits per heavy atom. The van der Waals surface area contributed by atoms with Gasteiger partial charge in [-0.1, -0.05) is 0 Å². The Balaban J connectivity index is 1.84. The molecule has 3 rings (SSSR count). The van der Waals surface area contributed by atoms with Gasteiger partial charge in [-0.2, -0.15) is 0 Å². The maximum Gasteiger partial charge on any atom is 0.253 e. The Morgan fingerprint density at radius 2 is 2.25 bits per heavy atom. The number of hydrogen-bond donors (Lipinski definition) is 0. The lowest BCUT2D eigenvalue weighted by Crippen LogP contribution is -2.37. The molecule has 1 unspecified atom stereocenters. The lowest BCUT2D eigenvalue weighted by molar-refractivity contribution is 0.0748. The molecule has 1 amide bonds. The van der Waals surface area contributed by atoms with Crippen LogP contribution >= 0.6 is 0 Å². The fraction of sp³-hybridized carbons (Fsp3) is 0.385. The summed E-state index contributed by atoms with van der Waals surface area (Å²) in [6.45, 7) is 0. The Morgan fingerprint density at radius 3 is 2.95 bits per heavy atom. The number of carbonyl (C=O) groups excluding carboxylic acids is 1.